The minimum Gasteiger partial charge on any atom is -0.465 e. The zero-order chi connectivity index (χ0) is 14.4. The number of carbonyl (C=O) groups is 1. The lowest BCUT2D eigenvalue weighted by Crippen LogP contribution is -2.35. The van der Waals surface area contributed by atoms with Gasteiger partial charge in [-0.05, 0) is 39.3 Å². The number of hydrogen-bond donors (Lipinski definition) is 0. The Labute approximate surface area is 113 Å². The van der Waals surface area contributed by atoms with Crippen LogP contribution in [0.3, 0.4) is 0 Å². The van der Waals surface area contributed by atoms with E-state index in [-0.39, 0.29) is 11.9 Å². The average molecular weight is 293 g/mol. The van der Waals surface area contributed by atoms with E-state index in [1.165, 1.54) is 6.92 Å². The van der Waals surface area contributed by atoms with Crippen molar-refractivity contribution in [2.75, 3.05) is 19.8 Å². The molecule has 0 saturated carbocycles. The van der Waals surface area contributed by atoms with Gasteiger partial charge in [-0.15, -0.1) is 0 Å². The second-order valence-electron chi connectivity index (χ2n) is 6.52. The third-order valence-corrected chi connectivity index (χ3v) is 4.09. The van der Waals surface area contributed by atoms with Crippen molar-refractivity contribution in [1.29, 1.82) is 0 Å². The van der Waals surface area contributed by atoms with E-state index in [2.05, 4.69) is 39.3 Å². The van der Waals surface area contributed by atoms with Crippen molar-refractivity contribution in [2.24, 2.45) is 5.92 Å². The topological polar surface area (TPSA) is 44.8 Å². The molecule has 0 heterocycles. The van der Waals surface area contributed by atoms with Gasteiger partial charge in [0.1, 0.15) is 0 Å². The molecule has 0 radical (unpaired) electrons. The fourth-order valence-electron chi connectivity index (χ4n) is 1.12. The van der Waals surface area contributed by atoms with Gasteiger partial charge in [0.2, 0.25) is 0 Å². The summed E-state index contributed by atoms with van der Waals surface area (Å²) >= 11 is 0. The summed E-state index contributed by atoms with van der Waals surface area (Å²) < 4.78 is 16.8. The van der Waals surface area contributed by atoms with Gasteiger partial charge in [0, 0.05) is 26.1 Å². The molecule has 0 spiro atoms. The van der Waals surface area contributed by atoms with Crippen LogP contribution in [0.4, 0.5) is 0 Å². The highest BCUT2D eigenvalue weighted by Crippen LogP contribution is 2.11. The highest BCUT2D eigenvalue weighted by molar-refractivity contribution is 6.70. The third-order valence-electron chi connectivity index (χ3n) is 2.03. The van der Waals surface area contributed by atoms with Crippen molar-refractivity contribution in [3.8, 4) is 0 Å². The van der Waals surface area contributed by atoms with E-state index in [0.717, 1.165) is 0 Å². The molecule has 0 aromatic heterocycles. The molecule has 0 bridgehead atoms. The zero-order valence-corrected chi connectivity index (χ0v) is 14.8. The number of rotatable bonds is 8. The van der Waals surface area contributed by atoms with Gasteiger partial charge >= 0.3 is 5.97 Å². The summed E-state index contributed by atoms with van der Waals surface area (Å²) in [6, 6.07) is 0. The SMILES string of the molecule is CC(=O)OCC(CO[Si](C)(C)C)CO[Si](C)(C)C. The van der Waals surface area contributed by atoms with Gasteiger partial charge in [-0.25, -0.2) is 0 Å². The normalized spacial score (nSPS) is 12.9. The van der Waals surface area contributed by atoms with Gasteiger partial charge in [0.15, 0.2) is 16.6 Å². The Kier molecular flexibility index (Phi) is 7.35. The quantitative estimate of drug-likeness (QED) is 0.510. The van der Waals surface area contributed by atoms with E-state index >= 15 is 0 Å². The lowest BCUT2D eigenvalue weighted by Gasteiger charge is -2.26. The van der Waals surface area contributed by atoms with E-state index in [0.29, 0.717) is 19.8 Å². The zero-order valence-electron chi connectivity index (χ0n) is 12.8. The molecule has 0 amide bonds. The largest absolute Gasteiger partial charge is 0.465 e. The van der Waals surface area contributed by atoms with E-state index < -0.39 is 16.6 Å². The molecule has 4 nitrogen and oxygen atoms in total. The van der Waals surface area contributed by atoms with Crippen molar-refractivity contribution in [2.45, 2.75) is 46.2 Å². The molecule has 6 heteroatoms. The Morgan fingerprint density at radius 2 is 1.28 bits per heavy atom. The van der Waals surface area contributed by atoms with Gasteiger partial charge in [0.25, 0.3) is 0 Å². The van der Waals surface area contributed by atoms with Crippen LogP contribution in [0, 0.1) is 5.92 Å². The van der Waals surface area contributed by atoms with Crippen molar-refractivity contribution >= 4 is 22.6 Å². The summed E-state index contributed by atoms with van der Waals surface area (Å²) in [5.74, 6) is -0.117. The molecule has 0 aromatic carbocycles. The molecular weight excluding hydrogens is 264 g/mol. The van der Waals surface area contributed by atoms with Crippen molar-refractivity contribution in [1.82, 2.24) is 0 Å². The number of ether oxygens (including phenoxy) is 1. The third kappa shape index (κ3) is 12.3. The summed E-state index contributed by atoms with van der Waals surface area (Å²) in [7, 11) is -3.07. The molecule has 0 aliphatic carbocycles. The molecule has 0 atom stereocenters. The molecule has 0 aliphatic rings. The Morgan fingerprint density at radius 1 is 0.889 bits per heavy atom. The van der Waals surface area contributed by atoms with E-state index in [9.17, 15) is 4.79 Å². The average Bonchev–Trinajstić information content (AvgIpc) is 2.13. The van der Waals surface area contributed by atoms with Crippen LogP contribution < -0.4 is 0 Å². The number of esters is 1. The lowest BCUT2D eigenvalue weighted by molar-refractivity contribution is -0.143. The first kappa shape index (κ1) is 17.8. The van der Waals surface area contributed by atoms with Crippen LogP contribution in [0.1, 0.15) is 6.92 Å². The Balaban J connectivity index is 4.20. The molecule has 0 saturated heterocycles. The molecule has 0 rings (SSSR count). The van der Waals surface area contributed by atoms with Crippen LogP contribution >= 0.6 is 0 Å². The standard InChI is InChI=1S/C12H28O4Si2/c1-11(13)14-8-12(9-15-17(2,3)4)10-16-18(5,6)7/h12H,8-10H2,1-7H3. The van der Waals surface area contributed by atoms with Crippen LogP contribution in [0.25, 0.3) is 0 Å². The fourth-order valence-corrected chi connectivity index (χ4v) is 2.59. The number of carbonyl (C=O) groups excluding carboxylic acids is 1. The molecule has 0 unspecified atom stereocenters. The van der Waals surface area contributed by atoms with Crippen LogP contribution in [0.5, 0.6) is 0 Å². The van der Waals surface area contributed by atoms with Crippen molar-refractivity contribution in [3.63, 3.8) is 0 Å². The predicted octanol–water partition coefficient (Wildman–Crippen LogP) is 2.87. The first-order chi connectivity index (χ1) is 7.99. The van der Waals surface area contributed by atoms with Gasteiger partial charge < -0.3 is 13.6 Å². The monoisotopic (exact) mass is 292 g/mol. The van der Waals surface area contributed by atoms with Crippen LogP contribution in [0.15, 0.2) is 0 Å². The molecule has 0 aliphatic heterocycles. The Hall–Kier alpha value is -0.176. The van der Waals surface area contributed by atoms with Gasteiger partial charge in [0.05, 0.1) is 6.61 Å². The van der Waals surface area contributed by atoms with E-state index in [1.807, 2.05) is 0 Å². The molecule has 0 fully saturated rings. The van der Waals surface area contributed by atoms with Gasteiger partial charge in [-0.3, -0.25) is 4.79 Å². The molecule has 108 valence electrons. The summed E-state index contributed by atoms with van der Waals surface area (Å²) in [4.78, 5) is 10.9. The minimum atomic E-state index is -1.54. The first-order valence-corrected chi connectivity index (χ1v) is 13.2. The summed E-state index contributed by atoms with van der Waals surface area (Å²) in [6.07, 6.45) is 0. The Morgan fingerprint density at radius 3 is 1.56 bits per heavy atom. The maximum atomic E-state index is 10.9. The molecule has 0 N–H and O–H groups in total. The maximum absolute atomic E-state index is 10.9. The van der Waals surface area contributed by atoms with E-state index in [4.69, 9.17) is 13.6 Å². The highest BCUT2D eigenvalue weighted by atomic mass is 28.4. The molecule has 18 heavy (non-hydrogen) atoms. The summed E-state index contributed by atoms with van der Waals surface area (Å²) in [6.45, 7) is 15.9. The fraction of sp³-hybridized carbons (Fsp3) is 0.917. The van der Waals surface area contributed by atoms with Crippen LogP contribution in [-0.2, 0) is 18.4 Å². The van der Waals surface area contributed by atoms with Gasteiger partial charge in [-0.2, -0.15) is 0 Å². The Bertz CT molecular complexity index is 238. The smallest absolute Gasteiger partial charge is 0.302 e. The number of hydrogen-bond acceptors (Lipinski definition) is 4. The second-order valence-corrected chi connectivity index (χ2v) is 15.5. The van der Waals surface area contributed by atoms with E-state index in [1.54, 1.807) is 0 Å². The molecular formula is C12H28O4Si2. The summed E-state index contributed by atoms with van der Waals surface area (Å²) in [5.41, 5.74) is 0. The second kappa shape index (κ2) is 7.42. The maximum Gasteiger partial charge on any atom is 0.302 e. The summed E-state index contributed by atoms with van der Waals surface area (Å²) in [5, 5.41) is 0. The van der Waals surface area contributed by atoms with Gasteiger partial charge in [-0.1, -0.05) is 0 Å². The van der Waals surface area contributed by atoms with Crippen LogP contribution in [0.2, 0.25) is 39.3 Å². The molecule has 0 aromatic rings. The van der Waals surface area contributed by atoms with Crippen LogP contribution in [-0.4, -0.2) is 42.4 Å². The lowest BCUT2D eigenvalue weighted by atomic mass is 10.2. The predicted molar refractivity (Wildman–Crippen MR) is 78.7 cm³/mol. The minimum absolute atomic E-state index is 0.132. The van der Waals surface area contributed by atoms with Crippen molar-refractivity contribution in [3.05, 3.63) is 0 Å². The van der Waals surface area contributed by atoms with Crippen molar-refractivity contribution < 1.29 is 18.4 Å². The first-order valence-electron chi connectivity index (χ1n) is 6.41. The highest BCUT2D eigenvalue weighted by Gasteiger charge is 2.22.